The maximum atomic E-state index is 16.2. The number of hydrogen-bond donors (Lipinski definition) is 3. The molecule has 7 rings (SSSR count). The van der Waals surface area contributed by atoms with Crippen LogP contribution in [-0.2, 0) is 62.3 Å². The quantitative estimate of drug-likeness (QED) is 0.214. The first-order chi connectivity index (χ1) is 50.7. The van der Waals surface area contributed by atoms with E-state index in [1.54, 1.807) is 6.92 Å². The van der Waals surface area contributed by atoms with Crippen molar-refractivity contribution in [1.29, 1.82) is 0 Å². The van der Waals surface area contributed by atoms with Gasteiger partial charge in [-0.25, -0.2) is 17.6 Å². The molecular weight excluding hydrogens is 1480 g/mol. The second kappa shape index (κ2) is 36.9. The number of ether oxygens (including phenoxy) is 1. The molecule has 12 amide bonds. The standard InChI is InChI=1S/C71H105F13N12O13/c1-10-40(2)57-64(106)90(5)37-54(99)88(3)38-55(100)91(6)48(32-41-18-21-44(22-19-41)70(79,80)81)62(104)89(4)36-52(97)85-47(23-20-42-30-45(72)56(46(73)31-42)71(82,83)84)61(103)96-39-68(74,75)34-51(96)60(102)87-67(24-14-15-25-67)66(108)94(9)58(43-16-12-11-13-17-43)65(107)93(8)49(63(105)95-26-28-109-29-27-95)33-53(98)92(7)50(59(101)86-57)35-69(76,77)78/h40-51,56-58H,10-39H2,1-9H3,(H,85,97)(H,86,101)(H,87,102)/t40-,41?,42?,44?,45?,46?,47-,48-,49-,50-,51-,56?,57-,58-/m0/s1. The van der Waals surface area contributed by atoms with Gasteiger partial charge in [-0.1, -0.05) is 52.4 Å². The van der Waals surface area contributed by atoms with Gasteiger partial charge in [0.2, 0.25) is 70.9 Å². The number of carbonyl (C=O) groups excluding carboxylic acids is 12. The molecule has 38 heteroatoms. The molecule has 0 aromatic carbocycles. The SMILES string of the molecule is CC[C@H](C)[C@@H]1NC(=O)[C@H](CC(F)(F)F)N(C)C(=O)C[C@@H](C(=O)N2CCOCC2)N(C)C(=O)[C@H](C2CCCCC2)N(C)C(=O)C2(CCCC2)NC(=O)[C@@H]2CC(F)(F)CN2C(=O)[C@H](CCC2CC(F)C(C(F)(F)F)C(F)C2)NC(=O)CN(C)C(=O)[C@H](CC2CCC(C(F)(F)F)CC2)N(C)C(=O)CN(C)C(=O)CN(C)C1=O. The molecule has 0 aromatic rings. The van der Waals surface area contributed by atoms with Gasteiger partial charge >= 0.3 is 18.5 Å². The molecule has 618 valence electrons. The molecule has 25 nitrogen and oxygen atoms in total. The van der Waals surface area contributed by atoms with Crippen LogP contribution >= 0.6 is 0 Å². The highest BCUT2D eigenvalue weighted by Crippen LogP contribution is 2.46. The van der Waals surface area contributed by atoms with E-state index < -0.39 is 262 Å². The highest BCUT2D eigenvalue weighted by Gasteiger charge is 2.57. The Morgan fingerprint density at radius 1 is 0.596 bits per heavy atom. The number of amides is 12. The van der Waals surface area contributed by atoms with Gasteiger partial charge in [-0.15, -0.1) is 0 Å². The molecule has 4 saturated carbocycles. The molecule has 3 aliphatic heterocycles. The monoisotopic (exact) mass is 1580 g/mol. The van der Waals surface area contributed by atoms with Gasteiger partial charge in [0.05, 0.1) is 58.2 Å². The van der Waals surface area contributed by atoms with Gasteiger partial charge in [0.15, 0.2) is 0 Å². The Morgan fingerprint density at radius 3 is 1.72 bits per heavy atom. The van der Waals surface area contributed by atoms with Crippen LogP contribution < -0.4 is 16.0 Å². The van der Waals surface area contributed by atoms with Crippen LogP contribution in [0.5, 0.6) is 0 Å². The molecule has 3 N–H and O–H groups in total. The largest absolute Gasteiger partial charge is 0.397 e. The second-order valence-corrected chi connectivity index (χ2v) is 31.2. The molecule has 7 aliphatic rings. The molecular formula is C71H105F13N12O13. The van der Waals surface area contributed by atoms with Crippen LogP contribution in [0.1, 0.15) is 155 Å². The Labute approximate surface area is 625 Å². The molecule has 1 spiro atoms. The molecule has 3 saturated heterocycles. The molecule has 2 unspecified atom stereocenters. The summed E-state index contributed by atoms with van der Waals surface area (Å²) in [4.78, 5) is 185. The van der Waals surface area contributed by atoms with Gasteiger partial charge in [-0.3, -0.25) is 57.5 Å². The van der Waals surface area contributed by atoms with Crippen molar-refractivity contribution in [1.82, 2.24) is 60.0 Å². The number of nitrogens with zero attached hydrogens (tertiary/aromatic N) is 9. The number of hydrogen-bond acceptors (Lipinski definition) is 13. The lowest BCUT2D eigenvalue weighted by atomic mass is 9.76. The first kappa shape index (κ1) is 88.9. The zero-order chi connectivity index (χ0) is 81.3. The Kier molecular flexibility index (Phi) is 30.1. The van der Waals surface area contributed by atoms with E-state index in [4.69, 9.17) is 4.74 Å². The molecule has 0 radical (unpaired) electrons. The van der Waals surface area contributed by atoms with E-state index in [2.05, 4.69) is 16.0 Å². The third-order valence-electron chi connectivity index (χ3n) is 23.4. The molecule has 10 atom stereocenters. The maximum Gasteiger partial charge on any atom is 0.397 e. The fourth-order valence-electron chi connectivity index (χ4n) is 16.6. The van der Waals surface area contributed by atoms with E-state index in [0.29, 0.717) is 29.1 Å². The first-order valence-corrected chi connectivity index (χ1v) is 37.4. The van der Waals surface area contributed by atoms with Gasteiger partial charge < -0.3 is 64.8 Å². The minimum atomic E-state index is -5.31. The number of nitrogens with one attached hydrogen (secondary N) is 3. The van der Waals surface area contributed by atoms with Gasteiger partial charge in [0, 0.05) is 68.8 Å². The van der Waals surface area contributed by atoms with E-state index in [0.717, 1.165) is 71.7 Å². The van der Waals surface area contributed by atoms with Crippen LogP contribution in [0.15, 0.2) is 0 Å². The summed E-state index contributed by atoms with van der Waals surface area (Å²) in [5, 5.41) is 7.30. The van der Waals surface area contributed by atoms with E-state index in [9.17, 15) is 77.9 Å². The van der Waals surface area contributed by atoms with Gasteiger partial charge in [0.25, 0.3) is 5.92 Å². The number of rotatable bonds is 10. The van der Waals surface area contributed by atoms with Gasteiger partial charge in [-0.05, 0) is 107 Å². The zero-order valence-electron chi connectivity index (χ0n) is 63.1. The number of alkyl halides is 13. The van der Waals surface area contributed by atoms with Crippen LogP contribution in [0, 0.1) is 35.5 Å². The predicted molar refractivity (Wildman–Crippen MR) is 364 cm³/mol. The fourth-order valence-corrected chi connectivity index (χ4v) is 16.6. The van der Waals surface area contributed by atoms with Crippen LogP contribution in [0.25, 0.3) is 0 Å². The Balaban J connectivity index is 1.32. The topological polar surface area (TPSA) is 279 Å². The summed E-state index contributed by atoms with van der Waals surface area (Å²) in [6.45, 7) is -1.53. The van der Waals surface area contributed by atoms with Crippen molar-refractivity contribution in [3.05, 3.63) is 0 Å². The third kappa shape index (κ3) is 22.5. The summed E-state index contributed by atoms with van der Waals surface area (Å²) in [6, 6.07) is -13.5. The molecule has 4 aliphatic carbocycles. The molecule has 109 heavy (non-hydrogen) atoms. The maximum absolute atomic E-state index is 16.2. The number of likely N-dealkylation sites (N-methyl/N-ethyl adjacent to an activating group) is 7. The summed E-state index contributed by atoms with van der Waals surface area (Å²) in [5.41, 5.74) is -2.04. The average molecular weight is 1580 g/mol. The summed E-state index contributed by atoms with van der Waals surface area (Å²) < 4.78 is 196. The molecule has 0 bridgehead atoms. The lowest BCUT2D eigenvalue weighted by Gasteiger charge is -2.43. The minimum Gasteiger partial charge on any atom is -0.378 e. The van der Waals surface area contributed by atoms with E-state index in [-0.39, 0.29) is 103 Å². The van der Waals surface area contributed by atoms with Crippen molar-refractivity contribution in [2.75, 3.05) is 102 Å². The smallest absolute Gasteiger partial charge is 0.378 e. The first-order valence-electron chi connectivity index (χ1n) is 37.4. The van der Waals surface area contributed by atoms with Crippen LogP contribution in [-0.4, -0.2) is 301 Å². The summed E-state index contributed by atoms with van der Waals surface area (Å²) >= 11 is 0. The minimum absolute atomic E-state index is 0.0185. The Morgan fingerprint density at radius 2 is 1.17 bits per heavy atom. The Bertz CT molecular complexity index is 3240. The normalized spacial score (nSPS) is 31.3. The zero-order valence-corrected chi connectivity index (χ0v) is 63.1. The lowest BCUT2D eigenvalue weighted by Crippen LogP contribution is -2.65. The lowest BCUT2D eigenvalue weighted by molar-refractivity contribution is -0.219. The highest BCUT2D eigenvalue weighted by atomic mass is 19.4. The van der Waals surface area contributed by atoms with Crippen LogP contribution in [0.2, 0.25) is 0 Å². The summed E-state index contributed by atoms with van der Waals surface area (Å²) in [5.74, 6) is -25.9. The highest BCUT2D eigenvalue weighted by molar-refractivity contribution is 6.01. The van der Waals surface area contributed by atoms with Gasteiger partial charge in [0.1, 0.15) is 66.1 Å². The van der Waals surface area contributed by atoms with Crippen molar-refractivity contribution in [3.8, 4) is 0 Å². The van der Waals surface area contributed by atoms with E-state index in [1.165, 1.54) is 18.9 Å². The fraction of sp³-hybridized carbons (Fsp3) is 0.831. The number of morpholine rings is 1. The van der Waals surface area contributed by atoms with E-state index in [1.807, 2.05) is 0 Å². The third-order valence-corrected chi connectivity index (χ3v) is 23.4. The van der Waals surface area contributed by atoms with Crippen molar-refractivity contribution in [2.45, 2.75) is 240 Å². The second-order valence-electron chi connectivity index (χ2n) is 31.2. The summed E-state index contributed by atoms with van der Waals surface area (Å²) in [7, 11) is 7.57. The number of carbonyl (C=O) groups is 12. The molecule has 3 heterocycles. The van der Waals surface area contributed by atoms with Gasteiger partial charge in [-0.2, -0.15) is 39.5 Å². The summed E-state index contributed by atoms with van der Waals surface area (Å²) in [6.07, 6.45) is -27.1. The van der Waals surface area contributed by atoms with Crippen LogP contribution in [0.3, 0.4) is 0 Å². The average Bonchev–Trinajstić information content (AvgIpc) is 1.73. The van der Waals surface area contributed by atoms with Crippen molar-refractivity contribution in [3.63, 3.8) is 0 Å². The molecule has 7 fully saturated rings. The van der Waals surface area contributed by atoms with E-state index >= 15 is 36.7 Å². The van der Waals surface area contributed by atoms with Crippen LogP contribution in [0.4, 0.5) is 57.1 Å². The van der Waals surface area contributed by atoms with Crippen molar-refractivity contribution in [2.24, 2.45) is 35.5 Å². The number of fused-ring (bicyclic) bond motifs is 1. The number of halogens is 13. The molecule has 0 aromatic heterocycles. The van der Waals surface area contributed by atoms with Crippen molar-refractivity contribution >= 4 is 70.9 Å². The van der Waals surface area contributed by atoms with Crippen molar-refractivity contribution < 1.29 is 119 Å². The Hall–Kier alpha value is -7.31. The predicted octanol–water partition coefficient (Wildman–Crippen LogP) is 5.95.